The average Bonchev–Trinajstić information content (AvgIpc) is 2.73. The van der Waals surface area contributed by atoms with Crippen LogP contribution in [-0.4, -0.2) is 66.9 Å². The lowest BCUT2D eigenvalue weighted by molar-refractivity contribution is -0.122. The average molecular weight is 448 g/mol. The van der Waals surface area contributed by atoms with Crippen molar-refractivity contribution in [3.8, 4) is 0 Å². The molecule has 0 atom stereocenters. The van der Waals surface area contributed by atoms with E-state index in [2.05, 4.69) is 16.0 Å². The molecule has 10 heteroatoms. The predicted octanol–water partition coefficient (Wildman–Crippen LogP) is 2.38. The van der Waals surface area contributed by atoms with E-state index in [1.807, 2.05) is 9.80 Å². The van der Waals surface area contributed by atoms with Gasteiger partial charge in [-0.15, -0.1) is 0 Å². The number of nitrogens with one attached hydrogen (secondary N) is 3. The molecule has 0 aromatic heterocycles. The summed E-state index contributed by atoms with van der Waals surface area (Å²) in [4.78, 5) is 40.1. The van der Waals surface area contributed by atoms with Crippen LogP contribution >= 0.6 is 11.6 Å². The number of carbonyl (C=O) groups excluding carboxylic acids is 3. The standard InChI is InChI=1S/C21H23ClFN5O3/c22-15-5-1-3-7-17(15)24-19(29)13-27-9-11-28(12-10-27)14-20(30)26-21(31)25-18-8-4-2-6-16(18)23/h1-8H,9-14H2,(H,24,29)(H2,25,26,30,31). The first-order valence-corrected chi connectivity index (χ1v) is 10.1. The van der Waals surface area contributed by atoms with Crippen LogP contribution in [0.3, 0.4) is 0 Å². The minimum atomic E-state index is -0.787. The third-order valence-electron chi connectivity index (χ3n) is 4.72. The number of rotatable bonds is 6. The lowest BCUT2D eigenvalue weighted by atomic mass is 10.3. The van der Waals surface area contributed by atoms with Crippen molar-refractivity contribution in [1.29, 1.82) is 0 Å². The van der Waals surface area contributed by atoms with Gasteiger partial charge in [-0.3, -0.25) is 24.7 Å². The molecule has 0 aliphatic carbocycles. The summed E-state index contributed by atoms with van der Waals surface area (Å²) in [7, 11) is 0. The van der Waals surface area contributed by atoms with Gasteiger partial charge in [0.15, 0.2) is 0 Å². The Hall–Kier alpha value is -3.01. The number of hydrogen-bond acceptors (Lipinski definition) is 5. The van der Waals surface area contributed by atoms with Gasteiger partial charge in [0, 0.05) is 26.2 Å². The van der Waals surface area contributed by atoms with E-state index >= 15 is 0 Å². The van der Waals surface area contributed by atoms with Crippen molar-refractivity contribution in [2.45, 2.75) is 0 Å². The lowest BCUT2D eigenvalue weighted by Crippen LogP contribution is -2.51. The Labute approximate surface area is 184 Å². The molecular formula is C21H23ClFN5O3. The second kappa shape index (κ2) is 10.9. The Kier molecular flexibility index (Phi) is 7.94. The summed E-state index contributed by atoms with van der Waals surface area (Å²) in [5.74, 6) is -1.23. The highest BCUT2D eigenvalue weighted by Gasteiger charge is 2.21. The van der Waals surface area contributed by atoms with Crippen LogP contribution in [-0.2, 0) is 9.59 Å². The Bertz CT molecular complexity index is 950. The van der Waals surface area contributed by atoms with Gasteiger partial charge in [-0.25, -0.2) is 9.18 Å². The molecule has 8 nitrogen and oxygen atoms in total. The Morgan fingerprint density at radius 2 is 1.35 bits per heavy atom. The molecule has 0 spiro atoms. The zero-order valence-electron chi connectivity index (χ0n) is 16.7. The van der Waals surface area contributed by atoms with Crippen molar-refractivity contribution in [3.63, 3.8) is 0 Å². The minimum absolute atomic E-state index is 0.00326. The van der Waals surface area contributed by atoms with Crippen LogP contribution < -0.4 is 16.0 Å². The van der Waals surface area contributed by atoms with Crippen molar-refractivity contribution in [2.24, 2.45) is 0 Å². The Morgan fingerprint density at radius 1 is 0.806 bits per heavy atom. The lowest BCUT2D eigenvalue weighted by Gasteiger charge is -2.33. The molecule has 0 unspecified atom stereocenters. The first-order chi connectivity index (χ1) is 14.9. The first kappa shape index (κ1) is 22.7. The van der Waals surface area contributed by atoms with E-state index in [9.17, 15) is 18.8 Å². The summed E-state index contributed by atoms with van der Waals surface area (Å²) >= 11 is 6.05. The van der Waals surface area contributed by atoms with Crippen LogP contribution in [0.15, 0.2) is 48.5 Å². The number of urea groups is 1. The smallest absolute Gasteiger partial charge is 0.324 e. The zero-order valence-corrected chi connectivity index (χ0v) is 17.5. The van der Waals surface area contributed by atoms with Gasteiger partial charge >= 0.3 is 6.03 Å². The summed E-state index contributed by atoms with van der Waals surface area (Å²) in [6.45, 7) is 2.60. The van der Waals surface area contributed by atoms with E-state index in [0.29, 0.717) is 36.9 Å². The van der Waals surface area contributed by atoms with Crippen LogP contribution in [0.1, 0.15) is 0 Å². The summed E-state index contributed by atoms with van der Waals surface area (Å²) in [6, 6.07) is 11.9. The maximum absolute atomic E-state index is 13.6. The molecule has 2 aromatic rings. The van der Waals surface area contributed by atoms with Gasteiger partial charge in [0.2, 0.25) is 11.8 Å². The van der Waals surface area contributed by atoms with Gasteiger partial charge in [0.1, 0.15) is 5.82 Å². The van der Waals surface area contributed by atoms with Crippen molar-refractivity contribution < 1.29 is 18.8 Å². The molecule has 0 bridgehead atoms. The normalized spacial score (nSPS) is 14.6. The summed E-state index contributed by atoms with van der Waals surface area (Å²) in [5, 5.41) is 7.76. The fourth-order valence-electron chi connectivity index (χ4n) is 3.15. The molecule has 1 aliphatic heterocycles. The van der Waals surface area contributed by atoms with Crippen molar-refractivity contribution in [2.75, 3.05) is 49.9 Å². The maximum Gasteiger partial charge on any atom is 0.326 e. The Balaban J connectivity index is 1.37. The van der Waals surface area contributed by atoms with Crippen molar-refractivity contribution in [1.82, 2.24) is 15.1 Å². The summed E-state index contributed by atoms with van der Waals surface area (Å²) in [5.41, 5.74) is 0.564. The topological polar surface area (TPSA) is 93.8 Å². The summed E-state index contributed by atoms with van der Waals surface area (Å²) < 4.78 is 13.6. The monoisotopic (exact) mass is 447 g/mol. The van der Waals surface area contributed by atoms with E-state index in [1.165, 1.54) is 18.2 Å². The number of carbonyl (C=O) groups is 3. The van der Waals surface area contributed by atoms with Gasteiger partial charge in [0.25, 0.3) is 0 Å². The number of imide groups is 1. The van der Waals surface area contributed by atoms with Gasteiger partial charge in [-0.05, 0) is 24.3 Å². The SMILES string of the molecule is O=C(CN1CCN(CC(=O)Nc2ccccc2Cl)CC1)NC(=O)Nc1ccccc1F. The van der Waals surface area contributed by atoms with Gasteiger partial charge in [0.05, 0.1) is 29.5 Å². The molecule has 164 valence electrons. The molecule has 1 heterocycles. The molecule has 1 aliphatic rings. The number of nitrogens with zero attached hydrogens (tertiary/aromatic N) is 2. The van der Waals surface area contributed by atoms with Gasteiger partial charge < -0.3 is 10.6 Å². The number of para-hydroxylation sites is 2. The highest BCUT2D eigenvalue weighted by molar-refractivity contribution is 6.33. The second-order valence-electron chi connectivity index (χ2n) is 7.06. The van der Waals surface area contributed by atoms with Gasteiger partial charge in [-0.2, -0.15) is 0 Å². The quantitative estimate of drug-likeness (QED) is 0.632. The van der Waals surface area contributed by atoms with Gasteiger partial charge in [-0.1, -0.05) is 35.9 Å². The van der Waals surface area contributed by atoms with Crippen LogP contribution in [0, 0.1) is 5.82 Å². The van der Waals surface area contributed by atoms with Crippen molar-refractivity contribution in [3.05, 3.63) is 59.4 Å². The number of anilines is 2. The van der Waals surface area contributed by atoms with E-state index in [4.69, 9.17) is 11.6 Å². The third kappa shape index (κ3) is 7.02. The fraction of sp³-hybridized carbons (Fsp3) is 0.286. The molecule has 0 radical (unpaired) electrons. The number of hydrogen-bond donors (Lipinski definition) is 3. The number of amides is 4. The minimum Gasteiger partial charge on any atom is -0.324 e. The third-order valence-corrected chi connectivity index (χ3v) is 5.05. The largest absolute Gasteiger partial charge is 0.326 e. The fourth-order valence-corrected chi connectivity index (χ4v) is 3.33. The molecule has 1 saturated heterocycles. The van der Waals surface area contributed by atoms with E-state index < -0.39 is 17.8 Å². The number of halogens is 2. The molecule has 4 amide bonds. The first-order valence-electron chi connectivity index (χ1n) is 9.75. The van der Waals surface area contributed by atoms with E-state index in [-0.39, 0.29) is 24.7 Å². The van der Waals surface area contributed by atoms with E-state index in [1.54, 1.807) is 30.3 Å². The Morgan fingerprint density at radius 3 is 1.97 bits per heavy atom. The predicted molar refractivity (Wildman–Crippen MR) is 117 cm³/mol. The molecule has 2 aromatic carbocycles. The number of benzene rings is 2. The van der Waals surface area contributed by atoms with Crippen LogP contribution in [0.25, 0.3) is 0 Å². The molecule has 1 fully saturated rings. The molecule has 3 N–H and O–H groups in total. The molecule has 31 heavy (non-hydrogen) atoms. The van der Waals surface area contributed by atoms with E-state index in [0.717, 1.165) is 0 Å². The second-order valence-corrected chi connectivity index (χ2v) is 7.47. The maximum atomic E-state index is 13.6. The van der Waals surface area contributed by atoms with Crippen LogP contribution in [0.4, 0.5) is 20.6 Å². The van der Waals surface area contributed by atoms with Crippen LogP contribution in [0.5, 0.6) is 0 Å². The number of piperazine rings is 1. The molecule has 0 saturated carbocycles. The highest BCUT2D eigenvalue weighted by atomic mass is 35.5. The van der Waals surface area contributed by atoms with Crippen LogP contribution in [0.2, 0.25) is 5.02 Å². The zero-order chi connectivity index (χ0) is 22.2. The highest BCUT2D eigenvalue weighted by Crippen LogP contribution is 2.20. The van der Waals surface area contributed by atoms with Crippen molar-refractivity contribution >= 4 is 40.8 Å². The molecular weight excluding hydrogens is 425 g/mol. The summed E-state index contributed by atoms with van der Waals surface area (Å²) in [6.07, 6.45) is 0. The molecule has 3 rings (SSSR count).